The lowest BCUT2D eigenvalue weighted by molar-refractivity contribution is -0.212. The molecule has 2 aromatic carbocycles. The van der Waals surface area contributed by atoms with Crippen molar-refractivity contribution < 1.29 is 14.3 Å². The van der Waals surface area contributed by atoms with E-state index >= 15 is 0 Å². The molecule has 0 aliphatic carbocycles. The Morgan fingerprint density at radius 3 is 2.14 bits per heavy atom. The molecule has 112 valence electrons. The fourth-order valence-corrected chi connectivity index (χ4v) is 2.53. The van der Waals surface area contributed by atoms with Crippen molar-refractivity contribution in [3.8, 4) is 0 Å². The van der Waals surface area contributed by atoms with Crippen molar-refractivity contribution in [1.29, 1.82) is 0 Å². The van der Waals surface area contributed by atoms with Crippen molar-refractivity contribution in [2.75, 3.05) is 0 Å². The van der Waals surface area contributed by atoms with Gasteiger partial charge in [0.15, 0.2) is 0 Å². The summed E-state index contributed by atoms with van der Waals surface area (Å²) in [6.07, 6.45) is 1.37. The molecule has 0 N–H and O–H groups in total. The lowest BCUT2D eigenvalue weighted by atomic mass is 10.0. The van der Waals surface area contributed by atoms with Gasteiger partial charge >= 0.3 is 5.79 Å². The molecule has 3 nitrogen and oxygen atoms in total. The second-order valence-electron chi connectivity index (χ2n) is 5.49. The van der Waals surface area contributed by atoms with Gasteiger partial charge in [0, 0.05) is 17.2 Å². The van der Waals surface area contributed by atoms with Crippen LogP contribution in [-0.4, -0.2) is 11.9 Å². The quantitative estimate of drug-likeness (QED) is 0.857. The van der Waals surface area contributed by atoms with Crippen LogP contribution in [0.15, 0.2) is 66.7 Å². The van der Waals surface area contributed by atoms with E-state index in [0.717, 1.165) is 5.56 Å². The number of hydrogen-bond acceptors (Lipinski definition) is 3. The van der Waals surface area contributed by atoms with Crippen molar-refractivity contribution in [2.24, 2.45) is 0 Å². The minimum atomic E-state index is -1.39. The molecule has 2 aromatic rings. The number of rotatable bonds is 4. The Labute approximate surface area is 130 Å². The van der Waals surface area contributed by atoms with Gasteiger partial charge in [-0.25, -0.2) is 0 Å². The molecule has 0 amide bonds. The van der Waals surface area contributed by atoms with Crippen molar-refractivity contribution in [2.45, 2.75) is 25.7 Å². The van der Waals surface area contributed by atoms with E-state index in [1.54, 1.807) is 0 Å². The lowest BCUT2D eigenvalue weighted by Crippen LogP contribution is -2.38. The zero-order chi connectivity index (χ0) is 15.6. The fourth-order valence-electron chi connectivity index (χ4n) is 2.53. The highest BCUT2D eigenvalue weighted by atomic mass is 16.7. The first kappa shape index (κ1) is 14.5. The average molecular weight is 294 g/mol. The topological polar surface area (TPSA) is 35.5 Å². The Balaban J connectivity index is 2.01. The number of carbonyl (C=O) groups is 1. The van der Waals surface area contributed by atoms with Gasteiger partial charge in [-0.15, -0.1) is 0 Å². The highest BCUT2D eigenvalue weighted by Gasteiger charge is 2.48. The molecule has 1 aliphatic heterocycles. The molecule has 0 saturated heterocycles. The van der Waals surface area contributed by atoms with Crippen LogP contribution in [0.1, 0.15) is 25.0 Å². The maximum absolute atomic E-state index is 12.7. The summed E-state index contributed by atoms with van der Waals surface area (Å²) in [7, 11) is 0. The predicted octanol–water partition coefficient (Wildman–Crippen LogP) is 3.90. The van der Waals surface area contributed by atoms with Gasteiger partial charge in [-0.1, -0.05) is 60.7 Å². The van der Waals surface area contributed by atoms with Crippen LogP contribution in [0, 0.1) is 0 Å². The van der Waals surface area contributed by atoms with E-state index in [0.29, 0.717) is 11.3 Å². The van der Waals surface area contributed by atoms with E-state index in [1.807, 2.05) is 74.5 Å². The highest BCUT2D eigenvalue weighted by Crippen LogP contribution is 2.40. The number of ketones is 1. The molecule has 22 heavy (non-hydrogen) atoms. The molecule has 1 atom stereocenters. The summed E-state index contributed by atoms with van der Waals surface area (Å²) in [5, 5.41) is 0. The van der Waals surface area contributed by atoms with Crippen LogP contribution in [0.2, 0.25) is 0 Å². The summed E-state index contributed by atoms with van der Waals surface area (Å²) >= 11 is 0. The van der Waals surface area contributed by atoms with E-state index in [9.17, 15) is 4.79 Å². The van der Waals surface area contributed by atoms with E-state index in [4.69, 9.17) is 9.47 Å². The smallest absolute Gasteiger partial charge is 0.302 e. The van der Waals surface area contributed by atoms with Crippen molar-refractivity contribution in [3.63, 3.8) is 0 Å². The molecule has 0 bridgehead atoms. The first-order chi connectivity index (χ1) is 10.6. The van der Waals surface area contributed by atoms with E-state index in [1.165, 1.54) is 6.08 Å². The van der Waals surface area contributed by atoms with Crippen LogP contribution in [-0.2, 0) is 20.1 Å². The molecule has 0 radical (unpaired) electrons. The Hall–Kier alpha value is -2.39. The molecule has 1 aliphatic rings. The Bertz CT molecular complexity index is 689. The van der Waals surface area contributed by atoms with Gasteiger partial charge in [0.1, 0.15) is 5.76 Å². The summed E-state index contributed by atoms with van der Waals surface area (Å²) in [4.78, 5) is 12.7. The maximum Gasteiger partial charge on any atom is 0.302 e. The van der Waals surface area contributed by atoms with Gasteiger partial charge in [0.25, 0.3) is 0 Å². The van der Waals surface area contributed by atoms with Crippen LogP contribution >= 0.6 is 0 Å². The summed E-state index contributed by atoms with van der Waals surface area (Å²) in [6, 6.07) is 18.9. The second-order valence-corrected chi connectivity index (χ2v) is 5.49. The summed E-state index contributed by atoms with van der Waals surface area (Å²) in [5.74, 6) is -1.04. The highest BCUT2D eigenvalue weighted by molar-refractivity contribution is 6.04. The van der Waals surface area contributed by atoms with Gasteiger partial charge in [-0.2, -0.15) is 0 Å². The molecular formula is C19H18O3. The maximum atomic E-state index is 12.7. The van der Waals surface area contributed by atoms with E-state index < -0.39 is 5.79 Å². The summed E-state index contributed by atoms with van der Waals surface area (Å²) < 4.78 is 12.0. The van der Waals surface area contributed by atoms with E-state index in [2.05, 4.69) is 0 Å². The molecule has 3 rings (SSSR count). The number of benzene rings is 2. The van der Waals surface area contributed by atoms with Gasteiger partial charge in [0.2, 0.25) is 5.78 Å². The third kappa shape index (κ3) is 2.55. The number of ether oxygens (including phenoxy) is 2. The van der Waals surface area contributed by atoms with Crippen molar-refractivity contribution in [3.05, 3.63) is 77.9 Å². The first-order valence-corrected chi connectivity index (χ1v) is 7.36. The van der Waals surface area contributed by atoms with Crippen molar-refractivity contribution >= 4 is 11.5 Å². The molecule has 3 heteroatoms. The Morgan fingerprint density at radius 1 is 0.955 bits per heavy atom. The van der Waals surface area contributed by atoms with Gasteiger partial charge in [0.05, 0.1) is 6.10 Å². The second kappa shape index (κ2) is 5.78. The minimum Gasteiger partial charge on any atom is -0.450 e. The summed E-state index contributed by atoms with van der Waals surface area (Å²) in [5.41, 5.74) is 1.57. The predicted molar refractivity (Wildman–Crippen MR) is 84.9 cm³/mol. The first-order valence-electron chi connectivity index (χ1n) is 7.36. The van der Waals surface area contributed by atoms with Crippen LogP contribution < -0.4 is 0 Å². The lowest BCUT2D eigenvalue weighted by Gasteiger charge is -2.30. The van der Waals surface area contributed by atoms with Gasteiger partial charge in [-0.3, -0.25) is 4.79 Å². The number of hydrogen-bond donors (Lipinski definition) is 0. The molecule has 0 saturated carbocycles. The van der Waals surface area contributed by atoms with Crippen LogP contribution in [0.5, 0.6) is 0 Å². The SMILES string of the molecule is CC(C)OC1(c2ccccc2)OC(c2ccccc2)=CC1=O. The third-order valence-electron chi connectivity index (χ3n) is 3.45. The van der Waals surface area contributed by atoms with Crippen molar-refractivity contribution in [1.82, 2.24) is 0 Å². The Morgan fingerprint density at radius 2 is 1.55 bits per heavy atom. The zero-order valence-corrected chi connectivity index (χ0v) is 12.7. The molecule has 1 unspecified atom stereocenters. The normalized spacial score (nSPS) is 20.9. The average Bonchev–Trinajstić information content (AvgIpc) is 2.86. The zero-order valence-electron chi connectivity index (χ0n) is 12.7. The summed E-state index contributed by atoms with van der Waals surface area (Å²) in [6.45, 7) is 3.78. The monoisotopic (exact) mass is 294 g/mol. The molecule has 0 fully saturated rings. The molecule has 0 spiro atoms. The minimum absolute atomic E-state index is 0.146. The number of carbonyl (C=O) groups excluding carboxylic acids is 1. The van der Waals surface area contributed by atoms with Gasteiger partial charge < -0.3 is 9.47 Å². The Kier molecular flexibility index (Phi) is 3.82. The fraction of sp³-hybridized carbons (Fsp3) is 0.211. The van der Waals surface area contributed by atoms with E-state index in [-0.39, 0.29) is 11.9 Å². The van der Waals surface area contributed by atoms with Crippen LogP contribution in [0.25, 0.3) is 5.76 Å². The van der Waals surface area contributed by atoms with Crippen LogP contribution in [0.4, 0.5) is 0 Å². The molecule has 1 heterocycles. The standard InChI is InChI=1S/C19H18O3/c1-14(2)21-19(16-11-7-4-8-12-16)18(20)13-17(22-19)15-9-5-3-6-10-15/h3-14H,1-2H3. The third-order valence-corrected chi connectivity index (χ3v) is 3.45. The van der Waals surface area contributed by atoms with Gasteiger partial charge in [-0.05, 0) is 13.8 Å². The van der Waals surface area contributed by atoms with Crippen LogP contribution in [0.3, 0.4) is 0 Å². The molecular weight excluding hydrogens is 276 g/mol. The molecule has 0 aromatic heterocycles. The largest absolute Gasteiger partial charge is 0.450 e.